The van der Waals surface area contributed by atoms with Crippen molar-refractivity contribution in [2.24, 2.45) is 34.0 Å². The average molecular weight is 360 g/mol. The van der Waals surface area contributed by atoms with Crippen molar-refractivity contribution in [2.45, 2.75) is 65.2 Å². The van der Waals surface area contributed by atoms with Crippen LogP contribution in [0.5, 0.6) is 0 Å². The van der Waals surface area contributed by atoms with Gasteiger partial charge in [-0.05, 0) is 48.9 Å². The minimum Gasteiger partial charge on any atom is -0.468 e. The van der Waals surface area contributed by atoms with Gasteiger partial charge in [-0.15, -0.1) is 0 Å². The standard InChI is InChI=1S/C21H28O5/c1-19-8-7-14-20(2,15(19)10-13(22)11-19)17(24)9-12-5-4-6-16(23)21(12,14)18(25)26-3/h12,14-15H,4-11H2,1-3H3/t12-,14-,15+,19-,20-,21+/m1/s1. The Bertz CT molecular complexity index is 701. The summed E-state index contributed by atoms with van der Waals surface area (Å²) in [7, 11) is 1.34. The number of methoxy groups -OCH3 is 1. The van der Waals surface area contributed by atoms with E-state index in [4.69, 9.17) is 4.74 Å². The molecule has 4 aliphatic rings. The van der Waals surface area contributed by atoms with Crippen molar-refractivity contribution in [3.63, 3.8) is 0 Å². The molecule has 4 aliphatic carbocycles. The van der Waals surface area contributed by atoms with Crippen LogP contribution in [0.2, 0.25) is 0 Å². The van der Waals surface area contributed by atoms with Gasteiger partial charge in [-0.2, -0.15) is 0 Å². The fourth-order valence-electron chi connectivity index (χ4n) is 7.37. The maximum atomic E-state index is 13.4. The monoisotopic (exact) mass is 360 g/mol. The molecule has 4 saturated carbocycles. The number of hydrogen-bond donors (Lipinski definition) is 0. The van der Waals surface area contributed by atoms with Gasteiger partial charge in [-0.3, -0.25) is 19.2 Å². The molecular weight excluding hydrogens is 332 g/mol. The molecule has 0 aromatic carbocycles. The molecule has 0 radical (unpaired) electrons. The summed E-state index contributed by atoms with van der Waals surface area (Å²) < 4.78 is 5.17. The van der Waals surface area contributed by atoms with Crippen molar-refractivity contribution in [2.75, 3.05) is 7.11 Å². The van der Waals surface area contributed by atoms with Gasteiger partial charge in [0.1, 0.15) is 17.0 Å². The maximum absolute atomic E-state index is 13.4. The molecule has 0 N–H and O–H groups in total. The fraction of sp³-hybridized carbons (Fsp3) is 0.810. The first-order chi connectivity index (χ1) is 12.2. The van der Waals surface area contributed by atoms with Gasteiger partial charge in [0.05, 0.1) is 7.11 Å². The van der Waals surface area contributed by atoms with E-state index >= 15 is 0 Å². The molecule has 0 amide bonds. The summed E-state index contributed by atoms with van der Waals surface area (Å²) in [4.78, 5) is 51.9. The lowest BCUT2D eigenvalue weighted by Crippen LogP contribution is -2.67. The Morgan fingerprint density at radius 3 is 2.46 bits per heavy atom. The van der Waals surface area contributed by atoms with Gasteiger partial charge in [0.2, 0.25) is 0 Å². The van der Waals surface area contributed by atoms with Gasteiger partial charge in [-0.1, -0.05) is 13.8 Å². The van der Waals surface area contributed by atoms with Crippen LogP contribution in [-0.4, -0.2) is 30.4 Å². The molecule has 0 heterocycles. The SMILES string of the molecule is COC(=O)[C@@]12C(=O)CCC[C@@H]1CC(=O)[C@]1(C)[C@H]2CC[C@]2(C)CC(=O)C[C@@H]21. The van der Waals surface area contributed by atoms with Gasteiger partial charge in [-0.25, -0.2) is 0 Å². The highest BCUT2D eigenvalue weighted by Gasteiger charge is 2.73. The third-order valence-electron chi connectivity index (χ3n) is 8.49. The first kappa shape index (κ1) is 17.9. The lowest BCUT2D eigenvalue weighted by atomic mass is 9.39. The van der Waals surface area contributed by atoms with Crippen molar-refractivity contribution in [3.05, 3.63) is 0 Å². The van der Waals surface area contributed by atoms with Gasteiger partial charge in [0, 0.05) is 31.1 Å². The van der Waals surface area contributed by atoms with E-state index in [2.05, 4.69) is 6.92 Å². The van der Waals surface area contributed by atoms with E-state index in [1.807, 2.05) is 6.92 Å². The zero-order valence-corrected chi connectivity index (χ0v) is 15.9. The van der Waals surface area contributed by atoms with E-state index in [1.54, 1.807) is 0 Å². The molecule has 0 bridgehead atoms. The summed E-state index contributed by atoms with van der Waals surface area (Å²) >= 11 is 0. The summed E-state index contributed by atoms with van der Waals surface area (Å²) in [6.45, 7) is 4.04. The van der Waals surface area contributed by atoms with Gasteiger partial charge < -0.3 is 4.74 Å². The van der Waals surface area contributed by atoms with E-state index in [0.29, 0.717) is 25.7 Å². The summed E-state index contributed by atoms with van der Waals surface area (Å²) in [5, 5.41) is 0. The Hall–Kier alpha value is -1.52. The third-order valence-corrected chi connectivity index (χ3v) is 8.49. The molecular formula is C21H28O5. The normalized spacial score (nSPS) is 47.8. The Kier molecular flexibility index (Phi) is 3.78. The van der Waals surface area contributed by atoms with Gasteiger partial charge in [0.15, 0.2) is 5.78 Å². The molecule has 0 saturated heterocycles. The van der Waals surface area contributed by atoms with Gasteiger partial charge in [0.25, 0.3) is 0 Å². The maximum Gasteiger partial charge on any atom is 0.319 e. The van der Waals surface area contributed by atoms with Crippen LogP contribution in [0.15, 0.2) is 0 Å². The van der Waals surface area contributed by atoms with Crippen LogP contribution < -0.4 is 0 Å². The second-order valence-electron chi connectivity index (χ2n) is 9.50. The highest BCUT2D eigenvalue weighted by atomic mass is 16.5. The molecule has 0 unspecified atom stereocenters. The zero-order valence-electron chi connectivity index (χ0n) is 15.9. The van der Waals surface area contributed by atoms with Crippen molar-refractivity contribution < 1.29 is 23.9 Å². The quantitative estimate of drug-likeness (QED) is 0.531. The molecule has 142 valence electrons. The highest BCUT2D eigenvalue weighted by molar-refractivity contribution is 6.08. The Labute approximate surface area is 154 Å². The third kappa shape index (κ3) is 1.92. The van der Waals surface area contributed by atoms with E-state index in [-0.39, 0.29) is 46.9 Å². The van der Waals surface area contributed by atoms with Crippen LogP contribution in [0.1, 0.15) is 65.2 Å². The lowest BCUT2D eigenvalue weighted by Gasteiger charge is -2.62. The van der Waals surface area contributed by atoms with E-state index in [9.17, 15) is 19.2 Å². The number of rotatable bonds is 1. The molecule has 5 heteroatoms. The smallest absolute Gasteiger partial charge is 0.319 e. The lowest BCUT2D eigenvalue weighted by molar-refractivity contribution is -0.197. The minimum absolute atomic E-state index is 0.0442. The first-order valence-corrected chi connectivity index (χ1v) is 9.88. The number of ketones is 3. The molecule has 5 nitrogen and oxygen atoms in total. The van der Waals surface area contributed by atoms with Crippen molar-refractivity contribution in [3.8, 4) is 0 Å². The molecule has 6 atom stereocenters. The minimum atomic E-state index is -1.19. The topological polar surface area (TPSA) is 77.5 Å². The van der Waals surface area contributed by atoms with Crippen LogP contribution in [0.3, 0.4) is 0 Å². The number of Topliss-reactive ketones (excluding diaryl/α,β-unsaturated/α-hetero) is 3. The van der Waals surface area contributed by atoms with Crippen LogP contribution >= 0.6 is 0 Å². The molecule has 0 aliphatic heterocycles. The Morgan fingerprint density at radius 1 is 1.04 bits per heavy atom. The van der Waals surface area contributed by atoms with Crippen LogP contribution in [-0.2, 0) is 23.9 Å². The largest absolute Gasteiger partial charge is 0.468 e. The van der Waals surface area contributed by atoms with Crippen LogP contribution in [0.25, 0.3) is 0 Å². The second kappa shape index (κ2) is 5.49. The van der Waals surface area contributed by atoms with Crippen molar-refractivity contribution >= 4 is 23.3 Å². The highest BCUT2D eigenvalue weighted by Crippen LogP contribution is 2.69. The van der Waals surface area contributed by atoms with Crippen LogP contribution in [0.4, 0.5) is 0 Å². The van der Waals surface area contributed by atoms with E-state index < -0.39 is 16.8 Å². The predicted octanol–water partition coefficient (Wildman–Crippen LogP) is 2.89. The van der Waals surface area contributed by atoms with Crippen LogP contribution in [0, 0.1) is 34.0 Å². The number of hydrogen-bond acceptors (Lipinski definition) is 5. The Balaban J connectivity index is 1.90. The predicted molar refractivity (Wildman–Crippen MR) is 93.1 cm³/mol. The molecule has 4 fully saturated rings. The average Bonchev–Trinajstić information content (AvgIpc) is 2.91. The summed E-state index contributed by atoms with van der Waals surface area (Å²) in [5.41, 5.74) is -2.18. The number of esters is 1. The van der Waals surface area contributed by atoms with Gasteiger partial charge >= 0.3 is 5.97 Å². The zero-order chi connectivity index (χ0) is 18.9. The molecule has 0 aromatic heterocycles. The number of carbonyl (C=O) groups excluding carboxylic acids is 4. The molecule has 0 spiro atoms. The Morgan fingerprint density at radius 2 is 1.77 bits per heavy atom. The van der Waals surface area contributed by atoms with E-state index in [0.717, 1.165) is 19.3 Å². The fourth-order valence-corrected chi connectivity index (χ4v) is 7.37. The summed E-state index contributed by atoms with van der Waals surface area (Å²) in [6, 6.07) is 0. The molecule has 26 heavy (non-hydrogen) atoms. The number of fused-ring (bicyclic) bond motifs is 5. The second-order valence-corrected chi connectivity index (χ2v) is 9.50. The first-order valence-electron chi connectivity index (χ1n) is 9.88. The van der Waals surface area contributed by atoms with Crippen molar-refractivity contribution in [1.82, 2.24) is 0 Å². The van der Waals surface area contributed by atoms with E-state index in [1.165, 1.54) is 7.11 Å². The molecule has 0 aromatic rings. The summed E-state index contributed by atoms with van der Waals surface area (Å²) in [6.07, 6.45) is 4.43. The summed E-state index contributed by atoms with van der Waals surface area (Å²) in [5.74, 6) is -0.815. The number of carbonyl (C=O) groups is 4. The molecule has 4 rings (SSSR count). The van der Waals surface area contributed by atoms with Crippen molar-refractivity contribution in [1.29, 1.82) is 0 Å². The number of ether oxygens (including phenoxy) is 1.